The first kappa shape index (κ1) is 18.6. The Morgan fingerprint density at radius 3 is 2.85 bits per heavy atom. The summed E-state index contributed by atoms with van der Waals surface area (Å²) in [5.74, 6) is 0.0849. The third-order valence-electron chi connectivity index (χ3n) is 8.78. The van der Waals surface area contributed by atoms with Gasteiger partial charge in [-0.05, 0) is 56.8 Å². The van der Waals surface area contributed by atoms with Crippen LogP contribution in [0.15, 0.2) is 24.3 Å². The standard InChI is InChI=1S/C27H28N4O2/c1-27-12-14(28-2)11-20(33-27)30-18-9-5-3-7-15(18)22-23-17(13-29-26(23)32)21-16-8-4-6-10-19(16)31(27)25(21)24(22)30/h4,6,8,10,14,20,28H,3,5,7,9,11-13H2,1-2H3,(H,29,32)/t14-,20-,27+/m1/s1. The lowest BCUT2D eigenvalue weighted by Crippen LogP contribution is -2.47. The zero-order chi connectivity index (χ0) is 22.1. The molecule has 1 aliphatic carbocycles. The molecule has 8 rings (SSSR count). The largest absolute Gasteiger partial charge is 0.348 e. The molecule has 2 aromatic carbocycles. The van der Waals surface area contributed by atoms with E-state index in [9.17, 15) is 4.79 Å². The summed E-state index contributed by atoms with van der Waals surface area (Å²) >= 11 is 0. The summed E-state index contributed by atoms with van der Waals surface area (Å²) in [6.45, 7) is 2.87. The molecule has 0 unspecified atom stereocenters. The Kier molecular flexibility index (Phi) is 3.37. The van der Waals surface area contributed by atoms with Crippen LogP contribution < -0.4 is 10.6 Å². The van der Waals surface area contributed by atoms with Gasteiger partial charge in [-0.25, -0.2) is 0 Å². The van der Waals surface area contributed by atoms with Crippen LogP contribution in [0.2, 0.25) is 0 Å². The number of carbonyl (C=O) groups excluding carboxylic acids is 1. The number of carbonyl (C=O) groups is 1. The van der Waals surface area contributed by atoms with Gasteiger partial charge in [-0.3, -0.25) is 4.79 Å². The third kappa shape index (κ3) is 2.06. The molecular weight excluding hydrogens is 412 g/mol. The molecule has 6 heteroatoms. The minimum atomic E-state index is -0.463. The van der Waals surface area contributed by atoms with Gasteiger partial charge in [0, 0.05) is 47.3 Å². The molecule has 4 aliphatic rings. The van der Waals surface area contributed by atoms with E-state index in [1.165, 1.54) is 62.4 Å². The number of nitrogens with one attached hydrogen (secondary N) is 2. The summed E-state index contributed by atoms with van der Waals surface area (Å²) in [6.07, 6.45) is 6.31. The molecule has 2 N–H and O–H groups in total. The number of hydrogen-bond donors (Lipinski definition) is 2. The van der Waals surface area contributed by atoms with Crippen LogP contribution in [-0.2, 0) is 29.8 Å². The van der Waals surface area contributed by atoms with Crippen molar-refractivity contribution in [1.29, 1.82) is 0 Å². The minimum Gasteiger partial charge on any atom is -0.348 e. The first-order valence-electron chi connectivity index (χ1n) is 12.4. The fourth-order valence-electron chi connectivity index (χ4n) is 7.56. The van der Waals surface area contributed by atoms with Gasteiger partial charge in [0.1, 0.15) is 12.0 Å². The molecule has 1 fully saturated rings. The number of aryl methyl sites for hydroxylation is 1. The van der Waals surface area contributed by atoms with Crippen molar-refractivity contribution in [2.24, 2.45) is 0 Å². The van der Waals surface area contributed by atoms with Crippen LogP contribution in [0.25, 0.3) is 32.7 Å². The zero-order valence-corrected chi connectivity index (χ0v) is 19.1. The van der Waals surface area contributed by atoms with Gasteiger partial charge in [0.25, 0.3) is 5.91 Å². The molecule has 2 bridgehead atoms. The molecule has 0 spiro atoms. The number of rotatable bonds is 1. The third-order valence-corrected chi connectivity index (χ3v) is 8.78. The van der Waals surface area contributed by atoms with E-state index in [-0.39, 0.29) is 12.1 Å². The predicted octanol–water partition coefficient (Wildman–Crippen LogP) is 4.45. The van der Waals surface area contributed by atoms with Crippen molar-refractivity contribution < 1.29 is 9.53 Å². The zero-order valence-electron chi connectivity index (χ0n) is 19.1. The minimum absolute atomic E-state index is 0.0325. The molecule has 1 saturated heterocycles. The Bertz CT molecular complexity index is 1540. The maximum Gasteiger partial charge on any atom is 0.252 e. The smallest absolute Gasteiger partial charge is 0.252 e. The average Bonchev–Trinajstić information content (AvgIpc) is 3.46. The first-order chi connectivity index (χ1) is 16.1. The molecule has 1 amide bonds. The summed E-state index contributed by atoms with van der Waals surface area (Å²) in [4.78, 5) is 13.3. The van der Waals surface area contributed by atoms with Gasteiger partial charge in [0.2, 0.25) is 0 Å². The first-order valence-corrected chi connectivity index (χ1v) is 12.4. The number of fused-ring (bicyclic) bond motifs is 13. The summed E-state index contributed by atoms with van der Waals surface area (Å²) < 4.78 is 12.1. The Balaban J connectivity index is 1.69. The number of para-hydroxylation sites is 1. The van der Waals surface area contributed by atoms with E-state index in [2.05, 4.69) is 58.0 Å². The predicted molar refractivity (Wildman–Crippen MR) is 129 cm³/mol. The van der Waals surface area contributed by atoms with Crippen molar-refractivity contribution in [2.45, 2.75) is 70.0 Å². The second-order valence-electron chi connectivity index (χ2n) is 10.5. The molecular formula is C27H28N4O2. The van der Waals surface area contributed by atoms with Crippen molar-refractivity contribution in [3.05, 3.63) is 46.6 Å². The quantitative estimate of drug-likeness (QED) is 0.460. The van der Waals surface area contributed by atoms with E-state index < -0.39 is 5.72 Å². The number of ether oxygens (including phenoxy) is 1. The van der Waals surface area contributed by atoms with Crippen LogP contribution >= 0.6 is 0 Å². The fourth-order valence-corrected chi connectivity index (χ4v) is 7.56. The highest BCUT2D eigenvalue weighted by molar-refractivity contribution is 6.26. The summed E-state index contributed by atoms with van der Waals surface area (Å²) in [6, 6.07) is 9.05. The molecule has 2 aromatic heterocycles. The fraction of sp³-hybridized carbons (Fsp3) is 0.444. The Morgan fingerprint density at radius 1 is 1.12 bits per heavy atom. The maximum atomic E-state index is 13.3. The summed E-state index contributed by atoms with van der Waals surface area (Å²) in [5, 5.41) is 10.4. The van der Waals surface area contributed by atoms with Gasteiger partial charge in [-0.15, -0.1) is 0 Å². The molecule has 3 atom stereocenters. The molecule has 3 aliphatic heterocycles. The van der Waals surface area contributed by atoms with Crippen molar-refractivity contribution in [3.8, 4) is 0 Å². The van der Waals surface area contributed by atoms with Crippen molar-refractivity contribution >= 4 is 38.6 Å². The topological polar surface area (TPSA) is 60.2 Å². The summed E-state index contributed by atoms with van der Waals surface area (Å²) in [5.41, 5.74) is 8.11. The van der Waals surface area contributed by atoms with Crippen LogP contribution in [0.3, 0.4) is 0 Å². The Morgan fingerprint density at radius 2 is 1.97 bits per heavy atom. The van der Waals surface area contributed by atoms with E-state index >= 15 is 0 Å². The molecule has 168 valence electrons. The maximum absolute atomic E-state index is 13.3. The molecule has 5 heterocycles. The number of benzene rings is 2. The van der Waals surface area contributed by atoms with Gasteiger partial charge >= 0.3 is 0 Å². The van der Waals surface area contributed by atoms with Gasteiger partial charge in [0.15, 0.2) is 0 Å². The van der Waals surface area contributed by atoms with Crippen molar-refractivity contribution in [3.63, 3.8) is 0 Å². The average molecular weight is 441 g/mol. The van der Waals surface area contributed by atoms with Crippen LogP contribution in [0, 0.1) is 0 Å². The number of aromatic nitrogens is 2. The number of amides is 1. The van der Waals surface area contributed by atoms with Gasteiger partial charge in [-0.2, -0.15) is 0 Å². The normalized spacial score (nSPS) is 27.9. The SMILES string of the molecule is CN[C@@H]1C[C@H]2O[C@@](C)(C1)n1c3ccccc3c3c4c(c5c6c(n2c5c31)CCCC6)C(=O)NC4. The number of nitrogens with zero attached hydrogens (tertiary/aromatic N) is 2. The highest BCUT2D eigenvalue weighted by Crippen LogP contribution is 2.53. The number of hydrogen-bond acceptors (Lipinski definition) is 3. The second kappa shape index (κ2) is 5.99. The lowest BCUT2D eigenvalue weighted by atomic mass is 9.91. The molecule has 6 nitrogen and oxygen atoms in total. The van der Waals surface area contributed by atoms with E-state index in [4.69, 9.17) is 4.74 Å². The highest BCUT2D eigenvalue weighted by atomic mass is 16.5. The van der Waals surface area contributed by atoms with Crippen LogP contribution in [-0.4, -0.2) is 28.1 Å². The Hall–Kier alpha value is -2.83. The molecule has 4 aromatic rings. The van der Waals surface area contributed by atoms with E-state index in [0.717, 1.165) is 31.2 Å². The lowest BCUT2D eigenvalue weighted by Gasteiger charge is -2.43. The molecule has 0 radical (unpaired) electrons. The second-order valence-corrected chi connectivity index (χ2v) is 10.5. The van der Waals surface area contributed by atoms with E-state index in [0.29, 0.717) is 12.6 Å². The molecule has 0 saturated carbocycles. The van der Waals surface area contributed by atoms with Gasteiger partial charge in [0.05, 0.1) is 22.1 Å². The van der Waals surface area contributed by atoms with Crippen LogP contribution in [0.4, 0.5) is 0 Å². The monoisotopic (exact) mass is 440 g/mol. The van der Waals surface area contributed by atoms with Crippen molar-refractivity contribution in [1.82, 2.24) is 19.8 Å². The highest BCUT2D eigenvalue weighted by Gasteiger charge is 2.47. The lowest BCUT2D eigenvalue weighted by molar-refractivity contribution is -0.196. The van der Waals surface area contributed by atoms with Gasteiger partial charge in [-0.1, -0.05) is 18.2 Å². The van der Waals surface area contributed by atoms with Gasteiger partial charge < -0.3 is 24.5 Å². The summed E-state index contributed by atoms with van der Waals surface area (Å²) in [7, 11) is 2.07. The van der Waals surface area contributed by atoms with E-state index in [1.807, 2.05) is 0 Å². The Labute approximate surface area is 191 Å². The van der Waals surface area contributed by atoms with Crippen LogP contribution in [0.1, 0.15) is 66.0 Å². The van der Waals surface area contributed by atoms with Crippen LogP contribution in [0.5, 0.6) is 0 Å². The van der Waals surface area contributed by atoms with E-state index in [1.54, 1.807) is 0 Å². The van der Waals surface area contributed by atoms with Crippen molar-refractivity contribution in [2.75, 3.05) is 7.05 Å². The molecule has 33 heavy (non-hydrogen) atoms.